The number of carbonyl (C=O) groups is 2. The number of hydrogen-bond acceptors (Lipinski definition) is 3. The van der Waals surface area contributed by atoms with Crippen LogP contribution in [0.15, 0.2) is 53.0 Å². The van der Waals surface area contributed by atoms with Crippen molar-refractivity contribution in [1.82, 2.24) is 10.2 Å². The summed E-state index contributed by atoms with van der Waals surface area (Å²) in [6.07, 6.45) is 0.851. The molecule has 29 heavy (non-hydrogen) atoms. The van der Waals surface area contributed by atoms with Crippen molar-refractivity contribution in [3.8, 4) is 5.75 Å². The Bertz CT molecular complexity index is 814. The van der Waals surface area contributed by atoms with Crippen LogP contribution in [0.4, 0.5) is 0 Å². The van der Waals surface area contributed by atoms with Crippen LogP contribution in [0.3, 0.4) is 0 Å². The van der Waals surface area contributed by atoms with Crippen LogP contribution in [-0.4, -0.2) is 35.9 Å². The summed E-state index contributed by atoms with van der Waals surface area (Å²) in [6, 6.07) is 14.3. The highest BCUT2D eigenvalue weighted by molar-refractivity contribution is 9.10. The van der Waals surface area contributed by atoms with Crippen molar-refractivity contribution < 1.29 is 14.3 Å². The summed E-state index contributed by atoms with van der Waals surface area (Å²) in [5.74, 6) is 0.472. The van der Waals surface area contributed by atoms with Gasteiger partial charge in [-0.25, -0.2) is 0 Å². The van der Waals surface area contributed by atoms with Gasteiger partial charge in [-0.1, -0.05) is 39.7 Å². The van der Waals surface area contributed by atoms with Gasteiger partial charge in [-0.3, -0.25) is 9.59 Å². The van der Waals surface area contributed by atoms with Crippen LogP contribution in [0.25, 0.3) is 0 Å². The smallest absolute Gasteiger partial charge is 0.242 e. The maximum atomic E-state index is 12.9. The van der Waals surface area contributed by atoms with E-state index >= 15 is 0 Å². The number of carbonyl (C=O) groups excluding carboxylic acids is 2. The molecular formula is C22H26BrClN2O3. The van der Waals surface area contributed by atoms with E-state index < -0.39 is 6.04 Å². The number of likely N-dealkylation sites (N-methyl/N-ethyl adjacent to an activating group) is 1. The summed E-state index contributed by atoms with van der Waals surface area (Å²) >= 11 is 9.31. The zero-order chi connectivity index (χ0) is 21.2. The highest BCUT2D eigenvalue weighted by Gasteiger charge is 2.25. The molecule has 0 unspecified atom stereocenters. The summed E-state index contributed by atoms with van der Waals surface area (Å²) in [4.78, 5) is 26.9. The highest BCUT2D eigenvalue weighted by atomic mass is 79.9. The van der Waals surface area contributed by atoms with Crippen molar-refractivity contribution >= 4 is 39.3 Å². The molecule has 0 aliphatic heterocycles. The minimum atomic E-state index is -0.557. The molecule has 2 amide bonds. The molecule has 0 bridgehead atoms. The second kappa shape index (κ2) is 11.8. The third kappa shape index (κ3) is 7.71. The zero-order valence-corrected chi connectivity index (χ0v) is 19.0. The Kier molecular flexibility index (Phi) is 9.48. The Balaban J connectivity index is 1.97. The maximum absolute atomic E-state index is 12.9. The van der Waals surface area contributed by atoms with Gasteiger partial charge < -0.3 is 15.0 Å². The number of amides is 2. The lowest BCUT2D eigenvalue weighted by Crippen LogP contribution is -2.47. The van der Waals surface area contributed by atoms with Crippen LogP contribution in [-0.2, 0) is 16.1 Å². The van der Waals surface area contributed by atoms with E-state index in [1.54, 1.807) is 36.1 Å². The maximum Gasteiger partial charge on any atom is 0.242 e. The van der Waals surface area contributed by atoms with Gasteiger partial charge in [0, 0.05) is 29.0 Å². The number of rotatable bonds is 10. The molecular weight excluding hydrogens is 456 g/mol. The average Bonchev–Trinajstić information content (AvgIpc) is 2.70. The van der Waals surface area contributed by atoms with E-state index in [9.17, 15) is 9.59 Å². The van der Waals surface area contributed by atoms with Gasteiger partial charge in [0.05, 0.1) is 6.61 Å². The molecule has 5 nitrogen and oxygen atoms in total. The monoisotopic (exact) mass is 480 g/mol. The Hall–Kier alpha value is -2.05. The van der Waals surface area contributed by atoms with E-state index in [-0.39, 0.29) is 11.8 Å². The van der Waals surface area contributed by atoms with Crippen molar-refractivity contribution in [2.24, 2.45) is 0 Å². The molecule has 2 aromatic rings. The van der Waals surface area contributed by atoms with Crippen LogP contribution in [0.1, 0.15) is 32.3 Å². The molecule has 0 heterocycles. The van der Waals surface area contributed by atoms with E-state index in [0.717, 1.165) is 10.0 Å². The minimum absolute atomic E-state index is 0.0802. The fourth-order valence-corrected chi connectivity index (χ4v) is 3.40. The molecule has 0 fully saturated rings. The molecule has 0 aliphatic rings. The van der Waals surface area contributed by atoms with Crippen LogP contribution in [0.5, 0.6) is 5.75 Å². The van der Waals surface area contributed by atoms with E-state index in [2.05, 4.69) is 21.2 Å². The van der Waals surface area contributed by atoms with Gasteiger partial charge in [-0.05, 0) is 62.2 Å². The van der Waals surface area contributed by atoms with Gasteiger partial charge in [0.15, 0.2) is 0 Å². The van der Waals surface area contributed by atoms with E-state index in [4.69, 9.17) is 16.3 Å². The molecule has 1 atom stereocenters. The second-order valence-corrected chi connectivity index (χ2v) is 7.98. The summed E-state index contributed by atoms with van der Waals surface area (Å²) < 4.78 is 6.59. The van der Waals surface area contributed by atoms with Crippen LogP contribution >= 0.6 is 27.5 Å². The molecule has 0 spiro atoms. The summed E-state index contributed by atoms with van der Waals surface area (Å²) in [7, 11) is 0. The fourth-order valence-electron chi connectivity index (χ4n) is 2.82. The van der Waals surface area contributed by atoms with Gasteiger partial charge in [0.1, 0.15) is 11.8 Å². The number of halogens is 2. The average molecular weight is 482 g/mol. The minimum Gasteiger partial charge on any atom is -0.494 e. The van der Waals surface area contributed by atoms with Crippen molar-refractivity contribution in [2.75, 3.05) is 13.2 Å². The molecule has 0 aliphatic carbocycles. The summed E-state index contributed by atoms with van der Waals surface area (Å²) in [6.45, 7) is 4.92. The quantitative estimate of drug-likeness (QED) is 0.495. The van der Waals surface area contributed by atoms with E-state index in [1.807, 2.05) is 31.2 Å². The Labute approximate surface area is 185 Å². The highest BCUT2D eigenvalue weighted by Crippen LogP contribution is 2.18. The first-order chi connectivity index (χ1) is 13.9. The third-order valence-electron chi connectivity index (χ3n) is 4.38. The van der Waals surface area contributed by atoms with Gasteiger partial charge in [-0.15, -0.1) is 0 Å². The van der Waals surface area contributed by atoms with Crippen LogP contribution < -0.4 is 10.1 Å². The van der Waals surface area contributed by atoms with E-state index in [0.29, 0.717) is 43.3 Å². The first-order valence-electron chi connectivity index (χ1n) is 9.60. The summed E-state index contributed by atoms with van der Waals surface area (Å²) in [5.41, 5.74) is 0.960. The Morgan fingerprint density at radius 1 is 1.21 bits per heavy atom. The first kappa shape index (κ1) is 23.2. The van der Waals surface area contributed by atoms with Crippen molar-refractivity contribution in [3.05, 3.63) is 63.6 Å². The van der Waals surface area contributed by atoms with Crippen LogP contribution in [0.2, 0.25) is 5.02 Å². The molecule has 7 heteroatoms. The largest absolute Gasteiger partial charge is 0.494 e. The number of benzene rings is 2. The predicted octanol–water partition coefficient (Wildman–Crippen LogP) is 4.81. The molecule has 2 aromatic carbocycles. The second-order valence-electron chi connectivity index (χ2n) is 6.63. The standard InChI is InChI=1S/C22H26BrClN2O3/c1-3-25-22(28)16(2)26(15-17-6-4-7-18(23)14-17)21(27)8-5-13-29-20-11-9-19(24)10-12-20/h4,6-7,9-12,14,16H,3,5,8,13,15H2,1-2H3,(H,25,28)/t16-/m0/s1. The van der Waals surface area contributed by atoms with Gasteiger partial charge in [0.25, 0.3) is 0 Å². The number of ether oxygens (including phenoxy) is 1. The number of nitrogens with one attached hydrogen (secondary N) is 1. The predicted molar refractivity (Wildman–Crippen MR) is 119 cm³/mol. The van der Waals surface area contributed by atoms with E-state index in [1.165, 1.54) is 0 Å². The van der Waals surface area contributed by atoms with Crippen molar-refractivity contribution in [1.29, 1.82) is 0 Å². The number of nitrogens with zero attached hydrogens (tertiary/aromatic N) is 1. The molecule has 0 radical (unpaired) electrons. The SMILES string of the molecule is CCNC(=O)[C@H](C)N(Cc1cccc(Br)c1)C(=O)CCCOc1ccc(Cl)cc1. The number of hydrogen-bond donors (Lipinski definition) is 1. The first-order valence-corrected chi connectivity index (χ1v) is 10.8. The molecule has 0 saturated carbocycles. The van der Waals surface area contributed by atoms with Crippen LogP contribution in [0, 0.1) is 0 Å². The van der Waals surface area contributed by atoms with Gasteiger partial charge >= 0.3 is 0 Å². The molecule has 1 N–H and O–H groups in total. The lowest BCUT2D eigenvalue weighted by atomic mass is 10.1. The van der Waals surface area contributed by atoms with Gasteiger partial charge in [-0.2, -0.15) is 0 Å². The normalized spacial score (nSPS) is 11.6. The molecule has 0 aromatic heterocycles. The molecule has 2 rings (SSSR count). The lowest BCUT2D eigenvalue weighted by molar-refractivity contribution is -0.140. The van der Waals surface area contributed by atoms with Gasteiger partial charge in [0.2, 0.25) is 11.8 Å². The molecule has 156 valence electrons. The third-order valence-corrected chi connectivity index (χ3v) is 5.12. The topological polar surface area (TPSA) is 58.6 Å². The summed E-state index contributed by atoms with van der Waals surface area (Å²) in [5, 5.41) is 3.44. The van der Waals surface area contributed by atoms with Crippen molar-refractivity contribution in [2.45, 2.75) is 39.3 Å². The lowest BCUT2D eigenvalue weighted by Gasteiger charge is -2.29. The fraction of sp³-hybridized carbons (Fsp3) is 0.364. The Morgan fingerprint density at radius 3 is 2.59 bits per heavy atom. The molecule has 0 saturated heterocycles. The Morgan fingerprint density at radius 2 is 1.93 bits per heavy atom. The zero-order valence-electron chi connectivity index (χ0n) is 16.7. The van der Waals surface area contributed by atoms with Crippen molar-refractivity contribution in [3.63, 3.8) is 0 Å².